The smallest absolute Gasteiger partial charge is 0.338 e. The van der Waals surface area contributed by atoms with E-state index in [0.29, 0.717) is 5.82 Å². The van der Waals surface area contributed by atoms with Gasteiger partial charge in [0.15, 0.2) is 6.61 Å². The van der Waals surface area contributed by atoms with Crippen LogP contribution in [0.1, 0.15) is 16.2 Å². The highest BCUT2D eigenvalue weighted by molar-refractivity contribution is 7.89. The van der Waals surface area contributed by atoms with Gasteiger partial charge in [-0.15, -0.1) is 0 Å². The van der Waals surface area contributed by atoms with Crippen LogP contribution in [-0.2, 0) is 21.4 Å². The molecule has 0 atom stereocenters. The number of esters is 1. The molecule has 0 fully saturated rings. The summed E-state index contributed by atoms with van der Waals surface area (Å²) in [4.78, 5) is 16.4. The monoisotopic (exact) mass is 423 g/mol. The standard InChI is InChI=1S/C17H17N3O6S2/c1-20(2)28(22,23)14-8-11(4-5-13(14)24-3)17(21)25-9-15-18-16(19-26-15)12-6-7-27-10-12/h4-8,10H,9H2,1-3H3. The molecule has 3 rings (SSSR count). The lowest BCUT2D eigenvalue weighted by Crippen LogP contribution is -2.23. The van der Waals surface area contributed by atoms with Crippen molar-refractivity contribution in [3.05, 3.63) is 46.5 Å². The maximum Gasteiger partial charge on any atom is 0.338 e. The molecular formula is C17H17N3O6S2. The molecule has 2 aromatic heterocycles. The molecule has 0 saturated heterocycles. The van der Waals surface area contributed by atoms with E-state index in [-0.39, 0.29) is 28.7 Å². The van der Waals surface area contributed by atoms with Gasteiger partial charge in [-0.2, -0.15) is 16.3 Å². The maximum atomic E-state index is 12.4. The van der Waals surface area contributed by atoms with Gasteiger partial charge >= 0.3 is 5.97 Å². The van der Waals surface area contributed by atoms with Crippen molar-refractivity contribution in [3.8, 4) is 17.1 Å². The Morgan fingerprint density at radius 2 is 2.07 bits per heavy atom. The van der Waals surface area contributed by atoms with Gasteiger partial charge in [-0.1, -0.05) is 5.16 Å². The van der Waals surface area contributed by atoms with Gasteiger partial charge in [-0.25, -0.2) is 17.5 Å². The summed E-state index contributed by atoms with van der Waals surface area (Å²) in [7, 11) is 0.325. The van der Waals surface area contributed by atoms with Crippen molar-refractivity contribution in [2.45, 2.75) is 11.5 Å². The number of nitrogens with zero attached hydrogens (tertiary/aromatic N) is 3. The van der Waals surface area contributed by atoms with Gasteiger partial charge in [-0.05, 0) is 29.6 Å². The number of hydrogen-bond donors (Lipinski definition) is 0. The number of hydrogen-bond acceptors (Lipinski definition) is 9. The number of thiophene rings is 1. The number of rotatable bonds is 7. The number of sulfonamides is 1. The molecule has 28 heavy (non-hydrogen) atoms. The Hall–Kier alpha value is -2.76. The van der Waals surface area contributed by atoms with Gasteiger partial charge in [0.1, 0.15) is 10.6 Å². The molecule has 0 aliphatic rings. The molecule has 0 N–H and O–H groups in total. The maximum absolute atomic E-state index is 12.4. The summed E-state index contributed by atoms with van der Waals surface area (Å²) in [5, 5.41) is 7.57. The first-order valence-corrected chi connectivity index (χ1v) is 10.3. The van der Waals surface area contributed by atoms with Crippen LogP contribution in [-0.4, -0.2) is 50.0 Å². The summed E-state index contributed by atoms with van der Waals surface area (Å²) >= 11 is 1.50. The van der Waals surface area contributed by atoms with E-state index in [1.807, 2.05) is 16.8 Å². The van der Waals surface area contributed by atoms with E-state index in [9.17, 15) is 13.2 Å². The molecule has 0 bridgehead atoms. The van der Waals surface area contributed by atoms with Crippen molar-refractivity contribution in [2.24, 2.45) is 0 Å². The van der Waals surface area contributed by atoms with E-state index in [1.165, 1.54) is 50.7 Å². The van der Waals surface area contributed by atoms with E-state index in [0.717, 1.165) is 9.87 Å². The van der Waals surface area contributed by atoms with Gasteiger partial charge in [0.05, 0.1) is 12.7 Å². The Labute approximate surface area is 165 Å². The fourth-order valence-electron chi connectivity index (χ4n) is 2.24. The number of carbonyl (C=O) groups excluding carboxylic acids is 1. The first-order chi connectivity index (χ1) is 13.3. The van der Waals surface area contributed by atoms with Crippen LogP contribution in [0.2, 0.25) is 0 Å². The molecule has 1 aromatic carbocycles. The van der Waals surface area contributed by atoms with Gasteiger partial charge in [0.2, 0.25) is 15.8 Å². The molecule has 11 heteroatoms. The Kier molecular flexibility index (Phi) is 5.77. The number of benzene rings is 1. The highest BCUT2D eigenvalue weighted by Crippen LogP contribution is 2.27. The van der Waals surface area contributed by atoms with Crippen molar-refractivity contribution < 1.29 is 27.2 Å². The fraction of sp³-hybridized carbons (Fsp3) is 0.235. The number of ether oxygens (including phenoxy) is 2. The molecule has 9 nitrogen and oxygen atoms in total. The Morgan fingerprint density at radius 3 is 2.71 bits per heavy atom. The fourth-order valence-corrected chi connectivity index (χ4v) is 3.94. The third-order valence-electron chi connectivity index (χ3n) is 3.73. The molecule has 0 saturated carbocycles. The predicted octanol–water partition coefficient (Wildman–Crippen LogP) is 2.41. The third kappa shape index (κ3) is 4.06. The quantitative estimate of drug-likeness (QED) is 0.533. The van der Waals surface area contributed by atoms with Crippen LogP contribution in [0.25, 0.3) is 11.4 Å². The largest absolute Gasteiger partial charge is 0.495 e. The van der Waals surface area contributed by atoms with E-state index in [1.54, 1.807) is 0 Å². The molecule has 0 unspecified atom stereocenters. The van der Waals surface area contributed by atoms with E-state index >= 15 is 0 Å². The highest BCUT2D eigenvalue weighted by atomic mass is 32.2. The van der Waals surface area contributed by atoms with Crippen LogP contribution in [0.15, 0.2) is 44.4 Å². The topological polar surface area (TPSA) is 112 Å². The van der Waals surface area contributed by atoms with Crippen molar-refractivity contribution in [2.75, 3.05) is 21.2 Å². The zero-order valence-corrected chi connectivity index (χ0v) is 16.9. The minimum atomic E-state index is -3.80. The molecule has 0 radical (unpaired) electrons. The summed E-state index contributed by atoms with van der Waals surface area (Å²) in [5.74, 6) is -0.0731. The Morgan fingerprint density at radius 1 is 1.29 bits per heavy atom. The zero-order chi connectivity index (χ0) is 20.3. The van der Waals surface area contributed by atoms with Crippen LogP contribution >= 0.6 is 11.3 Å². The second-order valence-electron chi connectivity index (χ2n) is 5.75. The first-order valence-electron chi connectivity index (χ1n) is 7.95. The molecule has 0 spiro atoms. The van der Waals surface area contributed by atoms with Gasteiger partial charge in [-0.3, -0.25) is 0 Å². The molecule has 148 valence electrons. The summed E-state index contributed by atoms with van der Waals surface area (Å²) in [6.45, 7) is -0.238. The van der Waals surface area contributed by atoms with Crippen LogP contribution in [0, 0.1) is 0 Å². The van der Waals surface area contributed by atoms with Crippen LogP contribution < -0.4 is 4.74 Å². The first kappa shape index (κ1) is 20.0. The molecule has 0 amide bonds. The van der Waals surface area contributed by atoms with Crippen molar-refractivity contribution >= 4 is 27.3 Å². The van der Waals surface area contributed by atoms with Crippen LogP contribution in [0.4, 0.5) is 0 Å². The van der Waals surface area contributed by atoms with Gasteiger partial charge < -0.3 is 14.0 Å². The average Bonchev–Trinajstić information content (AvgIpc) is 3.36. The second-order valence-corrected chi connectivity index (χ2v) is 8.65. The Bertz CT molecular complexity index is 1070. The summed E-state index contributed by atoms with van der Waals surface area (Å²) < 4.78 is 41.2. The van der Waals surface area contributed by atoms with E-state index in [2.05, 4.69) is 10.1 Å². The molecule has 0 aliphatic carbocycles. The normalized spacial score (nSPS) is 11.6. The van der Waals surface area contributed by atoms with Crippen molar-refractivity contribution in [3.63, 3.8) is 0 Å². The summed E-state index contributed by atoms with van der Waals surface area (Å²) in [6.07, 6.45) is 0. The minimum Gasteiger partial charge on any atom is -0.495 e. The number of carbonyl (C=O) groups is 1. The van der Waals surface area contributed by atoms with Crippen LogP contribution in [0.5, 0.6) is 5.75 Å². The molecular weight excluding hydrogens is 406 g/mol. The lowest BCUT2D eigenvalue weighted by atomic mass is 10.2. The molecule has 3 aromatic rings. The lowest BCUT2D eigenvalue weighted by Gasteiger charge is -2.15. The zero-order valence-electron chi connectivity index (χ0n) is 15.3. The van der Waals surface area contributed by atoms with Crippen molar-refractivity contribution in [1.82, 2.24) is 14.4 Å². The lowest BCUT2D eigenvalue weighted by molar-refractivity contribution is 0.0429. The van der Waals surface area contributed by atoms with E-state index < -0.39 is 16.0 Å². The van der Waals surface area contributed by atoms with Gasteiger partial charge in [0, 0.05) is 25.0 Å². The van der Waals surface area contributed by atoms with Crippen LogP contribution in [0.3, 0.4) is 0 Å². The SMILES string of the molecule is COc1ccc(C(=O)OCc2nc(-c3ccsc3)no2)cc1S(=O)(=O)N(C)C. The summed E-state index contributed by atoms with van der Waals surface area (Å²) in [6, 6.07) is 5.87. The second kappa shape index (κ2) is 8.09. The van der Waals surface area contributed by atoms with E-state index in [4.69, 9.17) is 14.0 Å². The average molecular weight is 423 g/mol. The Balaban J connectivity index is 1.76. The number of aromatic nitrogens is 2. The summed E-state index contributed by atoms with van der Waals surface area (Å²) in [5.41, 5.74) is 0.860. The molecule has 2 heterocycles. The third-order valence-corrected chi connectivity index (χ3v) is 6.25. The molecule has 0 aliphatic heterocycles. The minimum absolute atomic E-state index is 0.0544. The highest BCUT2D eigenvalue weighted by Gasteiger charge is 2.24. The predicted molar refractivity (Wildman–Crippen MR) is 101 cm³/mol. The number of methoxy groups -OCH3 is 1. The van der Waals surface area contributed by atoms with Gasteiger partial charge in [0.25, 0.3) is 5.89 Å². The van der Waals surface area contributed by atoms with Crippen molar-refractivity contribution in [1.29, 1.82) is 0 Å².